The fraction of sp³-hybridized carbons (Fsp3) is 0.714. The molecule has 0 aliphatic carbocycles. The third-order valence-electron chi connectivity index (χ3n) is 4.71. The van der Waals surface area contributed by atoms with Crippen molar-refractivity contribution in [3.8, 4) is 0 Å². The highest BCUT2D eigenvalue weighted by molar-refractivity contribution is 5.87. The van der Waals surface area contributed by atoms with Crippen LogP contribution in [0.2, 0.25) is 0 Å². The number of unbranched alkanes of at least 4 members (excludes halogenated alkanes) is 3. The zero-order valence-corrected chi connectivity index (χ0v) is 17.8. The van der Waals surface area contributed by atoms with Gasteiger partial charge >= 0.3 is 5.97 Å². The predicted molar refractivity (Wildman–Crippen MR) is 113 cm³/mol. The van der Waals surface area contributed by atoms with Gasteiger partial charge in [-0.05, 0) is 38.3 Å². The summed E-state index contributed by atoms with van der Waals surface area (Å²) in [7, 11) is 0. The third-order valence-corrected chi connectivity index (χ3v) is 4.71. The molecule has 1 saturated heterocycles. The molecule has 1 amide bonds. The summed E-state index contributed by atoms with van der Waals surface area (Å²) in [4.78, 5) is 23.0. The molecule has 1 aliphatic rings. The first-order valence-electron chi connectivity index (χ1n) is 10.2. The standard InChI is InChI=1S/C9H16O5.C6H9NO.C6H14O2/c1-7(8(13)14)9(5-11,6-12)3-2-4-10;1-2-7-5-3-4-6(7)8;7-5-3-1-2-4-6-8/h10-12H,1-6H2,(H,13,14);2H,1,3-5H2;7-8H,1-6H2. The van der Waals surface area contributed by atoms with E-state index < -0.39 is 24.6 Å². The Morgan fingerprint density at radius 2 is 1.47 bits per heavy atom. The van der Waals surface area contributed by atoms with E-state index in [1.54, 1.807) is 11.1 Å². The molecule has 9 nitrogen and oxygen atoms in total. The molecule has 0 atom stereocenters. The van der Waals surface area contributed by atoms with Crippen LogP contribution in [0.15, 0.2) is 24.9 Å². The smallest absolute Gasteiger partial charge is 0.331 e. The van der Waals surface area contributed by atoms with Gasteiger partial charge in [-0.2, -0.15) is 0 Å². The van der Waals surface area contributed by atoms with E-state index in [2.05, 4.69) is 13.2 Å². The Hall–Kier alpha value is -1.78. The summed E-state index contributed by atoms with van der Waals surface area (Å²) in [6.45, 7) is 7.15. The molecule has 30 heavy (non-hydrogen) atoms. The monoisotopic (exact) mass is 433 g/mol. The van der Waals surface area contributed by atoms with Gasteiger partial charge in [-0.25, -0.2) is 4.79 Å². The number of carbonyl (C=O) groups is 2. The van der Waals surface area contributed by atoms with Crippen LogP contribution in [0.1, 0.15) is 51.4 Å². The number of aliphatic hydroxyl groups is 5. The molecule has 0 unspecified atom stereocenters. The van der Waals surface area contributed by atoms with E-state index in [0.717, 1.165) is 38.6 Å². The number of nitrogens with zero attached hydrogens (tertiary/aromatic N) is 1. The Labute approximate surface area is 179 Å². The van der Waals surface area contributed by atoms with Crippen molar-refractivity contribution >= 4 is 11.9 Å². The molecule has 0 radical (unpaired) electrons. The minimum Gasteiger partial charge on any atom is -0.478 e. The van der Waals surface area contributed by atoms with Crippen LogP contribution in [0.5, 0.6) is 0 Å². The predicted octanol–water partition coefficient (Wildman–Crippen LogP) is 0.654. The largest absolute Gasteiger partial charge is 0.478 e. The van der Waals surface area contributed by atoms with Crippen LogP contribution >= 0.6 is 0 Å². The van der Waals surface area contributed by atoms with Gasteiger partial charge in [-0.3, -0.25) is 4.79 Å². The Kier molecular flexibility index (Phi) is 19.5. The molecular weight excluding hydrogens is 394 g/mol. The zero-order valence-electron chi connectivity index (χ0n) is 17.8. The first-order valence-corrected chi connectivity index (χ1v) is 10.2. The second kappa shape index (κ2) is 19.2. The van der Waals surface area contributed by atoms with Gasteiger partial charge in [0.2, 0.25) is 5.91 Å². The van der Waals surface area contributed by atoms with Crippen molar-refractivity contribution in [3.05, 3.63) is 24.9 Å². The van der Waals surface area contributed by atoms with Gasteiger partial charge in [0.15, 0.2) is 0 Å². The summed E-state index contributed by atoms with van der Waals surface area (Å²) in [6, 6.07) is 0. The lowest BCUT2D eigenvalue weighted by Crippen LogP contribution is -2.35. The molecule has 0 aromatic rings. The van der Waals surface area contributed by atoms with Gasteiger partial charge in [0.25, 0.3) is 0 Å². The highest BCUT2D eigenvalue weighted by atomic mass is 16.4. The van der Waals surface area contributed by atoms with Gasteiger partial charge in [0.05, 0.1) is 13.2 Å². The highest BCUT2D eigenvalue weighted by Gasteiger charge is 2.35. The van der Waals surface area contributed by atoms with E-state index in [4.69, 9.17) is 30.6 Å². The van der Waals surface area contributed by atoms with E-state index in [0.29, 0.717) is 12.8 Å². The van der Waals surface area contributed by atoms with Crippen LogP contribution in [-0.4, -0.2) is 87.0 Å². The van der Waals surface area contributed by atoms with Crippen molar-refractivity contribution in [1.82, 2.24) is 4.90 Å². The van der Waals surface area contributed by atoms with Crippen LogP contribution in [0, 0.1) is 5.41 Å². The van der Waals surface area contributed by atoms with Crippen molar-refractivity contribution in [2.45, 2.75) is 51.4 Å². The lowest BCUT2D eigenvalue weighted by atomic mass is 9.78. The van der Waals surface area contributed by atoms with Gasteiger partial charge in [0, 0.05) is 43.8 Å². The first kappa shape index (κ1) is 30.4. The van der Waals surface area contributed by atoms with Crippen molar-refractivity contribution in [2.75, 3.05) is 39.6 Å². The van der Waals surface area contributed by atoms with E-state index in [9.17, 15) is 9.59 Å². The van der Waals surface area contributed by atoms with Crippen LogP contribution < -0.4 is 0 Å². The molecule has 1 rings (SSSR count). The maximum absolute atomic E-state index is 10.7. The minimum atomic E-state index is -1.24. The van der Waals surface area contributed by atoms with Gasteiger partial charge in [-0.1, -0.05) is 26.0 Å². The number of hydrogen-bond donors (Lipinski definition) is 6. The average Bonchev–Trinajstić information content (AvgIpc) is 3.18. The molecule has 1 heterocycles. The number of carboxylic acids is 1. The fourth-order valence-electron chi connectivity index (χ4n) is 2.63. The van der Waals surface area contributed by atoms with Crippen LogP contribution in [0.25, 0.3) is 0 Å². The third kappa shape index (κ3) is 12.7. The maximum atomic E-state index is 10.7. The summed E-state index contributed by atoms with van der Waals surface area (Å²) < 4.78 is 0. The quantitative estimate of drug-likeness (QED) is 0.182. The molecule has 0 aromatic carbocycles. The van der Waals surface area contributed by atoms with Crippen LogP contribution in [0.4, 0.5) is 0 Å². The van der Waals surface area contributed by atoms with Crippen molar-refractivity contribution < 1.29 is 40.2 Å². The molecule has 0 aromatic heterocycles. The van der Waals surface area contributed by atoms with E-state index in [-0.39, 0.29) is 37.7 Å². The second-order valence-electron chi connectivity index (χ2n) is 6.94. The Balaban J connectivity index is 0. The molecule has 0 bridgehead atoms. The molecule has 1 fully saturated rings. The maximum Gasteiger partial charge on any atom is 0.331 e. The summed E-state index contributed by atoms with van der Waals surface area (Å²) in [5.41, 5.74) is -1.45. The number of carbonyl (C=O) groups excluding carboxylic acids is 1. The number of carboxylic acid groups (broad SMARTS) is 1. The number of hydrogen-bond acceptors (Lipinski definition) is 7. The Morgan fingerprint density at radius 3 is 1.73 bits per heavy atom. The minimum absolute atomic E-state index is 0.116. The summed E-state index contributed by atoms with van der Waals surface area (Å²) in [5.74, 6) is -1.04. The lowest BCUT2D eigenvalue weighted by molar-refractivity contribution is -0.135. The molecular formula is C21H39NO8. The molecule has 6 N–H and O–H groups in total. The number of aliphatic hydroxyl groups excluding tert-OH is 5. The van der Waals surface area contributed by atoms with Crippen molar-refractivity contribution in [1.29, 1.82) is 0 Å². The van der Waals surface area contributed by atoms with Gasteiger partial charge < -0.3 is 35.5 Å². The summed E-state index contributed by atoms with van der Waals surface area (Å²) >= 11 is 0. The van der Waals surface area contributed by atoms with Gasteiger partial charge in [0.1, 0.15) is 0 Å². The van der Waals surface area contributed by atoms with Crippen molar-refractivity contribution in [3.63, 3.8) is 0 Å². The Morgan fingerprint density at radius 1 is 0.967 bits per heavy atom. The fourth-order valence-corrected chi connectivity index (χ4v) is 2.63. The van der Waals surface area contributed by atoms with E-state index in [1.807, 2.05) is 0 Å². The normalized spacial score (nSPS) is 13.1. The van der Waals surface area contributed by atoms with Crippen molar-refractivity contribution in [2.24, 2.45) is 5.41 Å². The number of amides is 1. The molecule has 0 spiro atoms. The SMILES string of the molecule is C=C(C(=O)O)C(CO)(CO)CCCO.C=CN1CCCC1=O.OCCCCCCO. The molecule has 0 saturated carbocycles. The number of aliphatic carboxylic acids is 1. The number of rotatable bonds is 13. The van der Waals surface area contributed by atoms with Crippen LogP contribution in [0.3, 0.4) is 0 Å². The lowest BCUT2D eigenvalue weighted by Gasteiger charge is -2.29. The molecule has 176 valence electrons. The second-order valence-corrected chi connectivity index (χ2v) is 6.94. The Bertz CT molecular complexity index is 485. The van der Waals surface area contributed by atoms with E-state index in [1.165, 1.54) is 0 Å². The van der Waals surface area contributed by atoms with Gasteiger partial charge in [-0.15, -0.1) is 0 Å². The topological polar surface area (TPSA) is 159 Å². The molecule has 1 aliphatic heterocycles. The zero-order chi connectivity index (χ0) is 23.4. The first-order chi connectivity index (χ1) is 14.3. The van der Waals surface area contributed by atoms with E-state index >= 15 is 0 Å². The summed E-state index contributed by atoms with van der Waals surface area (Å²) in [5, 5.41) is 52.0. The number of likely N-dealkylation sites (tertiary alicyclic amines) is 1. The summed E-state index contributed by atoms with van der Waals surface area (Å²) in [6.07, 6.45) is 7.62. The van der Waals surface area contributed by atoms with Crippen LogP contribution in [-0.2, 0) is 9.59 Å². The molecule has 9 heteroatoms. The average molecular weight is 434 g/mol. The highest BCUT2D eigenvalue weighted by Crippen LogP contribution is 2.30.